The summed E-state index contributed by atoms with van der Waals surface area (Å²) in [6.45, 7) is 0. The maximum absolute atomic E-state index is 13.4. The van der Waals surface area contributed by atoms with Crippen molar-refractivity contribution in [3.8, 4) is 0 Å². The molecule has 5 aromatic rings. The molecule has 10 nitrogen and oxygen atoms in total. The van der Waals surface area contributed by atoms with Crippen LogP contribution in [0.5, 0.6) is 0 Å². The Bertz CT molecular complexity index is 1950. The number of anilines is 2. The third-order valence-corrected chi connectivity index (χ3v) is 8.71. The van der Waals surface area contributed by atoms with Gasteiger partial charge in [-0.25, -0.2) is 13.6 Å². The Morgan fingerprint density at radius 1 is 0.739 bits per heavy atom. The quantitative estimate of drug-likeness (QED) is 0.103. The summed E-state index contributed by atoms with van der Waals surface area (Å²) in [4.78, 5) is 40.2. The summed E-state index contributed by atoms with van der Waals surface area (Å²) < 4.78 is 28.5. The van der Waals surface area contributed by atoms with Crippen molar-refractivity contribution < 1.29 is 27.2 Å². The minimum atomic E-state index is -3.86. The van der Waals surface area contributed by atoms with Gasteiger partial charge < -0.3 is 20.4 Å². The third-order valence-electron chi connectivity index (χ3n) is 6.52. The van der Waals surface area contributed by atoms with Gasteiger partial charge in [-0.3, -0.25) is 14.4 Å². The van der Waals surface area contributed by atoms with Crippen LogP contribution >= 0.6 is 11.8 Å². The highest BCUT2D eigenvalue weighted by molar-refractivity contribution is 8.00. The molecule has 1 aromatic heterocycles. The highest BCUT2D eigenvalue weighted by atomic mass is 32.2. The molecule has 5 rings (SSSR count). The first-order valence-electron chi connectivity index (χ1n) is 13.8. The van der Waals surface area contributed by atoms with Crippen LogP contribution in [0.25, 0.3) is 6.08 Å². The lowest BCUT2D eigenvalue weighted by Gasteiger charge is -2.18. The fourth-order valence-electron chi connectivity index (χ4n) is 4.25. The molecule has 0 spiro atoms. The summed E-state index contributed by atoms with van der Waals surface area (Å²) in [5.74, 6) is -0.948. The zero-order chi connectivity index (χ0) is 32.5. The Balaban J connectivity index is 1.30. The number of primary sulfonamides is 1. The van der Waals surface area contributed by atoms with Crippen molar-refractivity contribution in [3.05, 3.63) is 150 Å². The number of benzene rings is 4. The van der Waals surface area contributed by atoms with E-state index in [1.54, 1.807) is 66.7 Å². The van der Waals surface area contributed by atoms with E-state index >= 15 is 0 Å². The monoisotopic (exact) mass is 652 g/mol. The number of rotatable bonds is 11. The predicted octanol–water partition coefficient (Wildman–Crippen LogP) is 5.81. The average Bonchev–Trinajstić information content (AvgIpc) is 3.58. The topological polar surface area (TPSA) is 161 Å². The van der Waals surface area contributed by atoms with Crippen LogP contribution in [0.4, 0.5) is 11.4 Å². The number of carbonyl (C=O) groups is 3. The van der Waals surface area contributed by atoms with Gasteiger partial charge in [0.15, 0.2) is 0 Å². The summed E-state index contributed by atoms with van der Waals surface area (Å²) in [5, 5.41) is 12.8. The number of thioether (sulfide) groups is 1. The van der Waals surface area contributed by atoms with E-state index in [4.69, 9.17) is 9.56 Å². The van der Waals surface area contributed by atoms with E-state index in [1.165, 1.54) is 48.4 Å². The molecule has 0 aliphatic heterocycles. The minimum absolute atomic E-state index is 0.0137. The molecular formula is C34H28N4O6S2. The maximum atomic E-state index is 13.4. The average molecular weight is 653 g/mol. The molecule has 0 fully saturated rings. The second kappa shape index (κ2) is 14.6. The van der Waals surface area contributed by atoms with Crippen molar-refractivity contribution in [1.82, 2.24) is 5.32 Å². The van der Waals surface area contributed by atoms with Crippen molar-refractivity contribution in [2.24, 2.45) is 5.14 Å². The van der Waals surface area contributed by atoms with Crippen molar-refractivity contribution >= 4 is 57.0 Å². The van der Waals surface area contributed by atoms with Crippen LogP contribution in [0, 0.1) is 0 Å². The largest absolute Gasteiger partial charge is 0.465 e. The SMILES string of the molecule is NS(=O)(=O)c1ccc(NC(=O)C(Sc2ccc(NC(=O)/C(=C/c3ccco3)NC(=O)c3ccccc3)cc2)c2ccccc2)cc1. The third kappa shape index (κ3) is 8.60. The highest BCUT2D eigenvalue weighted by Crippen LogP contribution is 2.37. The van der Waals surface area contributed by atoms with E-state index < -0.39 is 27.1 Å². The molecule has 0 aliphatic carbocycles. The van der Waals surface area contributed by atoms with Crippen LogP contribution in [-0.2, 0) is 19.6 Å². The van der Waals surface area contributed by atoms with E-state index in [0.29, 0.717) is 22.7 Å². The van der Waals surface area contributed by atoms with Gasteiger partial charge in [-0.05, 0) is 78.4 Å². The van der Waals surface area contributed by atoms with Crippen LogP contribution in [-0.4, -0.2) is 26.1 Å². The molecule has 0 bridgehead atoms. The summed E-state index contributed by atoms with van der Waals surface area (Å²) in [6.07, 6.45) is 2.90. The molecule has 1 atom stereocenters. The van der Waals surface area contributed by atoms with Crippen molar-refractivity contribution in [1.29, 1.82) is 0 Å². The fourth-order valence-corrected chi connectivity index (χ4v) is 5.79. The predicted molar refractivity (Wildman–Crippen MR) is 177 cm³/mol. The second-order valence-corrected chi connectivity index (χ2v) is 12.6. The Hall–Kier alpha value is -5.43. The number of amides is 3. The molecule has 46 heavy (non-hydrogen) atoms. The first-order valence-corrected chi connectivity index (χ1v) is 16.3. The van der Waals surface area contributed by atoms with Gasteiger partial charge in [-0.2, -0.15) is 0 Å². The summed E-state index contributed by atoms with van der Waals surface area (Å²) in [7, 11) is -3.86. The van der Waals surface area contributed by atoms with E-state index in [1.807, 2.05) is 30.3 Å². The van der Waals surface area contributed by atoms with Crippen LogP contribution in [0.15, 0.2) is 147 Å². The van der Waals surface area contributed by atoms with Crippen LogP contribution < -0.4 is 21.1 Å². The zero-order valence-electron chi connectivity index (χ0n) is 24.1. The van der Waals surface area contributed by atoms with Crippen LogP contribution in [0.2, 0.25) is 0 Å². The molecule has 0 saturated carbocycles. The number of hydrogen-bond acceptors (Lipinski definition) is 7. The van der Waals surface area contributed by atoms with Crippen LogP contribution in [0.1, 0.15) is 26.9 Å². The molecular weight excluding hydrogens is 625 g/mol. The summed E-state index contributed by atoms with van der Waals surface area (Å²) in [6, 6.07) is 33.6. The fraction of sp³-hybridized carbons (Fsp3) is 0.0294. The number of carbonyl (C=O) groups excluding carboxylic acids is 3. The standard InChI is InChI=1S/C34H28N4O6S2/c35-46(42,43)29-19-15-26(16-20-29)37-34(41)31(23-8-3-1-4-9-23)45-28-17-13-25(14-18-28)36-33(40)30(22-27-12-7-21-44-27)38-32(39)24-10-5-2-6-11-24/h1-22,31H,(H,36,40)(H,37,41)(H,38,39)(H2,35,42,43)/b30-22-. The second-order valence-electron chi connectivity index (χ2n) is 9.84. The number of nitrogens with two attached hydrogens (primary N) is 1. The molecule has 0 radical (unpaired) electrons. The smallest absolute Gasteiger partial charge is 0.272 e. The van der Waals surface area contributed by atoms with Crippen LogP contribution in [0.3, 0.4) is 0 Å². The Kier molecular flexibility index (Phi) is 10.1. The molecule has 1 heterocycles. The van der Waals surface area contributed by atoms with Crippen molar-refractivity contribution in [2.45, 2.75) is 15.0 Å². The molecule has 12 heteroatoms. The van der Waals surface area contributed by atoms with Gasteiger partial charge in [-0.1, -0.05) is 48.5 Å². The van der Waals surface area contributed by atoms with E-state index in [0.717, 1.165) is 10.5 Å². The normalized spacial score (nSPS) is 12.2. The first-order chi connectivity index (χ1) is 22.2. The van der Waals surface area contributed by atoms with Gasteiger partial charge in [0, 0.05) is 27.9 Å². The number of furan rings is 1. The molecule has 0 saturated heterocycles. The van der Waals surface area contributed by atoms with Crippen molar-refractivity contribution in [2.75, 3.05) is 10.6 Å². The Morgan fingerprint density at radius 3 is 1.96 bits per heavy atom. The number of hydrogen-bond donors (Lipinski definition) is 4. The number of sulfonamides is 1. The van der Waals surface area contributed by atoms with E-state index in [-0.39, 0.29) is 16.5 Å². The summed E-state index contributed by atoms with van der Waals surface area (Å²) in [5.41, 5.74) is 2.00. The first kappa shape index (κ1) is 32.0. The van der Waals surface area contributed by atoms with Gasteiger partial charge in [0.25, 0.3) is 11.8 Å². The Morgan fingerprint density at radius 2 is 1.35 bits per heavy atom. The minimum Gasteiger partial charge on any atom is -0.465 e. The molecule has 1 unspecified atom stereocenters. The van der Waals surface area contributed by atoms with Gasteiger partial charge in [0.05, 0.1) is 11.2 Å². The zero-order valence-corrected chi connectivity index (χ0v) is 25.8. The lowest BCUT2D eigenvalue weighted by molar-refractivity contribution is -0.116. The Labute approximate surface area is 269 Å². The van der Waals surface area contributed by atoms with Gasteiger partial charge in [-0.15, -0.1) is 11.8 Å². The lowest BCUT2D eigenvalue weighted by Crippen LogP contribution is -2.30. The molecule has 0 aliphatic rings. The lowest BCUT2D eigenvalue weighted by atomic mass is 10.1. The van der Waals surface area contributed by atoms with E-state index in [9.17, 15) is 22.8 Å². The molecule has 3 amide bonds. The molecule has 5 N–H and O–H groups in total. The van der Waals surface area contributed by atoms with Gasteiger partial charge >= 0.3 is 0 Å². The van der Waals surface area contributed by atoms with Crippen molar-refractivity contribution in [3.63, 3.8) is 0 Å². The summed E-state index contributed by atoms with van der Waals surface area (Å²) >= 11 is 1.30. The highest BCUT2D eigenvalue weighted by Gasteiger charge is 2.23. The van der Waals surface area contributed by atoms with E-state index in [2.05, 4.69) is 16.0 Å². The van der Waals surface area contributed by atoms with Gasteiger partial charge in [0.1, 0.15) is 16.7 Å². The van der Waals surface area contributed by atoms with Gasteiger partial charge in [0.2, 0.25) is 15.9 Å². The molecule has 232 valence electrons. The molecule has 4 aromatic carbocycles. The maximum Gasteiger partial charge on any atom is 0.272 e. The number of nitrogens with one attached hydrogen (secondary N) is 3.